The van der Waals surface area contributed by atoms with E-state index in [-0.39, 0.29) is 5.82 Å². The Morgan fingerprint density at radius 2 is 2.11 bits per heavy atom. The molecular formula is C14H19FN2O. The summed E-state index contributed by atoms with van der Waals surface area (Å²) in [5.41, 5.74) is 2.17. The number of hydrogen-bond acceptors (Lipinski definition) is 3. The molecule has 2 aliphatic heterocycles. The van der Waals surface area contributed by atoms with Crippen LogP contribution in [0.2, 0.25) is 0 Å². The van der Waals surface area contributed by atoms with Crippen LogP contribution in [0.4, 0.5) is 10.1 Å². The summed E-state index contributed by atoms with van der Waals surface area (Å²) < 4.78 is 18.9. The fourth-order valence-corrected chi connectivity index (χ4v) is 2.96. The fraction of sp³-hybridized carbons (Fsp3) is 0.571. The number of rotatable bonds is 1. The maximum absolute atomic E-state index is 13.5. The minimum Gasteiger partial charge on any atom is -0.382 e. The van der Waals surface area contributed by atoms with Crippen molar-refractivity contribution in [1.29, 1.82) is 0 Å². The van der Waals surface area contributed by atoms with E-state index < -0.39 is 0 Å². The predicted octanol–water partition coefficient (Wildman–Crippen LogP) is 2.40. The molecule has 0 aromatic heterocycles. The van der Waals surface area contributed by atoms with Crippen molar-refractivity contribution in [2.75, 3.05) is 31.6 Å². The molecule has 1 aromatic carbocycles. The van der Waals surface area contributed by atoms with Gasteiger partial charge in [-0.1, -0.05) is 0 Å². The molecule has 3 rings (SSSR count). The Labute approximate surface area is 107 Å². The van der Waals surface area contributed by atoms with Crippen molar-refractivity contribution in [2.24, 2.45) is 0 Å². The molecule has 0 spiro atoms. The van der Waals surface area contributed by atoms with Gasteiger partial charge in [0.15, 0.2) is 0 Å². The maximum atomic E-state index is 13.5. The van der Waals surface area contributed by atoms with Crippen molar-refractivity contribution in [3.63, 3.8) is 0 Å². The van der Waals surface area contributed by atoms with Crippen LogP contribution >= 0.6 is 0 Å². The predicted molar refractivity (Wildman–Crippen MR) is 69.2 cm³/mol. The zero-order valence-electron chi connectivity index (χ0n) is 10.7. The van der Waals surface area contributed by atoms with Gasteiger partial charge in [-0.05, 0) is 37.1 Å². The van der Waals surface area contributed by atoms with E-state index >= 15 is 0 Å². The standard InChI is InChI=1S/C14H19FN2O/c1-10-8-14(17-4-6-18-7-5-17)12-9-11(15)2-3-13(12)16-10/h2-3,9-10,14,16H,4-8H2,1H3. The lowest BCUT2D eigenvalue weighted by Gasteiger charge is -2.40. The Bertz CT molecular complexity index is 432. The third-order valence-electron chi connectivity index (χ3n) is 3.84. The smallest absolute Gasteiger partial charge is 0.123 e. The van der Waals surface area contributed by atoms with Gasteiger partial charge < -0.3 is 10.1 Å². The molecule has 1 fully saturated rings. The molecular weight excluding hydrogens is 231 g/mol. The number of ether oxygens (including phenoxy) is 1. The summed E-state index contributed by atoms with van der Waals surface area (Å²) in [7, 11) is 0. The summed E-state index contributed by atoms with van der Waals surface area (Å²) in [6.07, 6.45) is 1.02. The highest BCUT2D eigenvalue weighted by molar-refractivity contribution is 5.55. The van der Waals surface area contributed by atoms with Gasteiger partial charge in [0, 0.05) is 30.9 Å². The summed E-state index contributed by atoms with van der Waals surface area (Å²) in [6, 6.07) is 5.80. The first kappa shape index (κ1) is 11.9. The van der Waals surface area contributed by atoms with Gasteiger partial charge in [0.25, 0.3) is 0 Å². The molecule has 18 heavy (non-hydrogen) atoms. The monoisotopic (exact) mass is 250 g/mol. The van der Waals surface area contributed by atoms with Crippen molar-refractivity contribution < 1.29 is 9.13 Å². The van der Waals surface area contributed by atoms with Crippen LogP contribution < -0.4 is 5.32 Å². The number of hydrogen-bond donors (Lipinski definition) is 1. The lowest BCUT2D eigenvalue weighted by Crippen LogP contribution is -2.42. The van der Waals surface area contributed by atoms with E-state index in [4.69, 9.17) is 4.74 Å². The molecule has 0 radical (unpaired) electrons. The molecule has 3 nitrogen and oxygen atoms in total. The third-order valence-corrected chi connectivity index (χ3v) is 3.84. The summed E-state index contributed by atoms with van der Waals surface area (Å²) in [4.78, 5) is 2.42. The zero-order valence-corrected chi connectivity index (χ0v) is 10.7. The van der Waals surface area contributed by atoms with Gasteiger partial charge in [0.1, 0.15) is 5.82 Å². The number of nitrogens with one attached hydrogen (secondary N) is 1. The first-order valence-electron chi connectivity index (χ1n) is 6.62. The molecule has 4 heteroatoms. The van der Waals surface area contributed by atoms with Crippen LogP contribution in [0.5, 0.6) is 0 Å². The van der Waals surface area contributed by atoms with E-state index in [0.29, 0.717) is 12.1 Å². The largest absolute Gasteiger partial charge is 0.382 e. The lowest BCUT2D eigenvalue weighted by atomic mass is 9.92. The summed E-state index contributed by atoms with van der Waals surface area (Å²) in [6.45, 7) is 5.62. The third kappa shape index (κ3) is 2.22. The van der Waals surface area contributed by atoms with Crippen LogP contribution in [-0.4, -0.2) is 37.2 Å². The van der Waals surface area contributed by atoms with Crippen LogP contribution in [0.1, 0.15) is 24.9 Å². The van der Waals surface area contributed by atoms with Gasteiger partial charge in [0.05, 0.1) is 13.2 Å². The van der Waals surface area contributed by atoms with Crippen LogP contribution in [0, 0.1) is 5.82 Å². The number of fused-ring (bicyclic) bond motifs is 1. The number of nitrogens with zero attached hydrogens (tertiary/aromatic N) is 1. The average Bonchev–Trinajstić information content (AvgIpc) is 2.39. The normalized spacial score (nSPS) is 28.6. The SMILES string of the molecule is CC1CC(N2CCOCC2)c2cc(F)ccc2N1. The van der Waals surface area contributed by atoms with E-state index in [0.717, 1.165) is 44.0 Å². The quantitative estimate of drug-likeness (QED) is 0.828. The van der Waals surface area contributed by atoms with Crippen molar-refractivity contribution in [2.45, 2.75) is 25.4 Å². The molecule has 0 amide bonds. The molecule has 2 atom stereocenters. The van der Waals surface area contributed by atoms with E-state index in [1.165, 1.54) is 6.07 Å². The first-order chi connectivity index (χ1) is 8.74. The van der Waals surface area contributed by atoms with Crippen LogP contribution in [-0.2, 0) is 4.74 Å². The van der Waals surface area contributed by atoms with Gasteiger partial charge >= 0.3 is 0 Å². The second-order valence-corrected chi connectivity index (χ2v) is 5.18. The Morgan fingerprint density at radius 3 is 2.89 bits per heavy atom. The molecule has 0 saturated carbocycles. The molecule has 1 saturated heterocycles. The first-order valence-corrected chi connectivity index (χ1v) is 6.62. The summed E-state index contributed by atoms with van der Waals surface area (Å²) in [5.74, 6) is -0.150. The van der Waals surface area contributed by atoms with Gasteiger partial charge in [-0.2, -0.15) is 0 Å². The molecule has 0 bridgehead atoms. The summed E-state index contributed by atoms with van der Waals surface area (Å²) in [5, 5.41) is 3.43. The Hall–Kier alpha value is -1.13. The van der Waals surface area contributed by atoms with Crippen LogP contribution in [0.25, 0.3) is 0 Å². The highest BCUT2D eigenvalue weighted by Crippen LogP contribution is 2.37. The van der Waals surface area contributed by atoms with Crippen LogP contribution in [0.3, 0.4) is 0 Å². The van der Waals surface area contributed by atoms with Crippen molar-refractivity contribution >= 4 is 5.69 Å². The number of halogens is 1. The average molecular weight is 250 g/mol. The Balaban J connectivity index is 1.92. The molecule has 0 aliphatic carbocycles. The maximum Gasteiger partial charge on any atom is 0.123 e. The highest BCUT2D eigenvalue weighted by atomic mass is 19.1. The van der Waals surface area contributed by atoms with Crippen molar-refractivity contribution in [3.05, 3.63) is 29.6 Å². The van der Waals surface area contributed by atoms with Gasteiger partial charge in [0.2, 0.25) is 0 Å². The molecule has 2 aliphatic rings. The molecule has 1 N–H and O–H groups in total. The number of benzene rings is 1. The highest BCUT2D eigenvalue weighted by Gasteiger charge is 2.30. The fourth-order valence-electron chi connectivity index (χ4n) is 2.96. The van der Waals surface area contributed by atoms with Crippen LogP contribution in [0.15, 0.2) is 18.2 Å². The minimum absolute atomic E-state index is 0.150. The second-order valence-electron chi connectivity index (χ2n) is 5.18. The van der Waals surface area contributed by atoms with E-state index in [1.54, 1.807) is 6.07 Å². The van der Waals surface area contributed by atoms with E-state index in [1.807, 2.05) is 6.07 Å². The zero-order chi connectivity index (χ0) is 12.5. The van der Waals surface area contributed by atoms with Gasteiger partial charge in [-0.3, -0.25) is 4.90 Å². The lowest BCUT2D eigenvalue weighted by molar-refractivity contribution is 0.0127. The Kier molecular flexibility index (Phi) is 3.22. The second kappa shape index (κ2) is 4.86. The van der Waals surface area contributed by atoms with Gasteiger partial charge in [-0.25, -0.2) is 4.39 Å². The topological polar surface area (TPSA) is 24.5 Å². The van der Waals surface area contributed by atoms with Gasteiger partial charge in [-0.15, -0.1) is 0 Å². The molecule has 98 valence electrons. The van der Waals surface area contributed by atoms with Crippen molar-refractivity contribution in [3.8, 4) is 0 Å². The van der Waals surface area contributed by atoms with Crippen molar-refractivity contribution in [1.82, 2.24) is 4.90 Å². The molecule has 2 unspecified atom stereocenters. The molecule has 2 heterocycles. The number of anilines is 1. The minimum atomic E-state index is -0.150. The molecule has 1 aromatic rings. The number of morpholine rings is 1. The summed E-state index contributed by atoms with van der Waals surface area (Å²) >= 11 is 0. The Morgan fingerprint density at radius 1 is 1.33 bits per heavy atom. The van der Waals surface area contributed by atoms with E-state index in [2.05, 4.69) is 17.1 Å². The van der Waals surface area contributed by atoms with E-state index in [9.17, 15) is 4.39 Å².